The molecule has 3 aromatic rings. The number of carbonyl (C=O) groups is 2. The molecule has 9 nitrogen and oxygen atoms in total. The number of aryl methyl sites for hydroxylation is 1. The summed E-state index contributed by atoms with van der Waals surface area (Å²) in [5.41, 5.74) is 1.36. The van der Waals surface area contributed by atoms with Crippen molar-refractivity contribution in [2.24, 2.45) is 0 Å². The van der Waals surface area contributed by atoms with Gasteiger partial charge in [-0.15, -0.1) is 0 Å². The molecule has 0 aliphatic carbocycles. The van der Waals surface area contributed by atoms with Gasteiger partial charge in [0.1, 0.15) is 11.4 Å². The summed E-state index contributed by atoms with van der Waals surface area (Å²) in [5, 5.41) is 9.14. The molecule has 3 heterocycles. The number of nitrogens with zero attached hydrogens (tertiary/aromatic N) is 2. The SMILES string of the molecule is CCn1cc(C(=O)Nc2ccc(C(=O)NC3CCOCC3)cc2)c(=O)c2cc(F)c(N3CCNCC3)cc21. The standard InChI is InChI=1S/C28H32FN5O4/c1-2-33-17-22(26(35)21-15-23(29)25(16-24(21)33)34-11-9-30-10-12-34)28(37)32-19-5-3-18(4-6-19)27(36)31-20-7-13-38-14-8-20/h3-6,15-17,20,30H,2,7-14H2,1H3,(H,31,36)(H,32,37). The van der Waals surface area contributed by atoms with Gasteiger partial charge in [0.15, 0.2) is 0 Å². The zero-order valence-electron chi connectivity index (χ0n) is 21.4. The summed E-state index contributed by atoms with van der Waals surface area (Å²) < 4.78 is 22.2. The Morgan fingerprint density at radius 3 is 2.47 bits per heavy atom. The van der Waals surface area contributed by atoms with E-state index in [0.717, 1.165) is 25.9 Å². The molecule has 3 N–H and O–H groups in total. The Morgan fingerprint density at radius 2 is 1.79 bits per heavy atom. The van der Waals surface area contributed by atoms with Gasteiger partial charge in [0.05, 0.1) is 11.2 Å². The minimum absolute atomic E-state index is 0.0741. The molecule has 0 saturated carbocycles. The number of pyridine rings is 1. The first-order valence-corrected chi connectivity index (χ1v) is 13.1. The van der Waals surface area contributed by atoms with Gasteiger partial charge in [-0.25, -0.2) is 4.39 Å². The van der Waals surface area contributed by atoms with E-state index in [9.17, 15) is 14.4 Å². The van der Waals surface area contributed by atoms with Crippen LogP contribution in [0.25, 0.3) is 10.9 Å². The van der Waals surface area contributed by atoms with Gasteiger partial charge < -0.3 is 30.2 Å². The number of ether oxygens (including phenoxy) is 1. The van der Waals surface area contributed by atoms with Gasteiger partial charge in [0.25, 0.3) is 11.8 Å². The predicted molar refractivity (Wildman–Crippen MR) is 145 cm³/mol. The van der Waals surface area contributed by atoms with Crippen molar-refractivity contribution in [3.8, 4) is 0 Å². The zero-order valence-corrected chi connectivity index (χ0v) is 21.4. The number of anilines is 2. The number of hydrogen-bond donors (Lipinski definition) is 3. The number of amides is 2. The summed E-state index contributed by atoms with van der Waals surface area (Å²) in [5.74, 6) is -1.26. The molecule has 2 aliphatic rings. The third-order valence-electron chi connectivity index (χ3n) is 7.15. The third-order valence-corrected chi connectivity index (χ3v) is 7.15. The highest BCUT2D eigenvalue weighted by Crippen LogP contribution is 2.26. The summed E-state index contributed by atoms with van der Waals surface area (Å²) in [4.78, 5) is 40.9. The van der Waals surface area contributed by atoms with Crippen LogP contribution in [-0.4, -0.2) is 61.8 Å². The van der Waals surface area contributed by atoms with Crippen LogP contribution in [0.2, 0.25) is 0 Å². The Hall–Kier alpha value is -3.76. The van der Waals surface area contributed by atoms with Crippen LogP contribution in [0.15, 0.2) is 47.4 Å². The largest absolute Gasteiger partial charge is 0.381 e. The van der Waals surface area contributed by atoms with Crippen LogP contribution in [0, 0.1) is 5.82 Å². The predicted octanol–water partition coefficient (Wildman–Crippen LogP) is 2.73. The molecular weight excluding hydrogens is 489 g/mol. The second-order valence-corrected chi connectivity index (χ2v) is 9.61. The minimum Gasteiger partial charge on any atom is -0.381 e. The maximum atomic E-state index is 15.1. The van der Waals surface area contributed by atoms with E-state index < -0.39 is 17.2 Å². The zero-order chi connectivity index (χ0) is 26.6. The maximum absolute atomic E-state index is 15.1. The van der Waals surface area contributed by atoms with Gasteiger partial charge in [0, 0.05) is 74.8 Å². The number of fused-ring (bicyclic) bond motifs is 1. The molecule has 2 fully saturated rings. The van der Waals surface area contributed by atoms with Crippen LogP contribution in [0.1, 0.15) is 40.5 Å². The molecule has 0 atom stereocenters. The summed E-state index contributed by atoms with van der Waals surface area (Å²) in [6.07, 6.45) is 3.08. The van der Waals surface area contributed by atoms with Gasteiger partial charge in [-0.3, -0.25) is 14.4 Å². The van der Waals surface area contributed by atoms with Crippen LogP contribution in [-0.2, 0) is 11.3 Å². The third kappa shape index (κ3) is 5.41. The number of halogens is 1. The molecule has 0 bridgehead atoms. The van der Waals surface area contributed by atoms with E-state index in [1.807, 2.05) is 11.8 Å². The van der Waals surface area contributed by atoms with Gasteiger partial charge in [-0.2, -0.15) is 0 Å². The highest BCUT2D eigenvalue weighted by Gasteiger charge is 2.21. The van der Waals surface area contributed by atoms with E-state index in [1.54, 1.807) is 34.9 Å². The molecule has 0 spiro atoms. The van der Waals surface area contributed by atoms with Crippen LogP contribution < -0.4 is 26.3 Å². The Labute approximate surface area is 220 Å². The number of piperazine rings is 1. The van der Waals surface area contributed by atoms with Crippen molar-refractivity contribution in [1.82, 2.24) is 15.2 Å². The second kappa shape index (κ2) is 11.3. The van der Waals surface area contributed by atoms with Crippen LogP contribution >= 0.6 is 0 Å². The topological polar surface area (TPSA) is 105 Å². The molecular formula is C28H32FN5O4. The van der Waals surface area contributed by atoms with Crippen molar-refractivity contribution in [3.63, 3.8) is 0 Å². The van der Waals surface area contributed by atoms with Gasteiger partial charge in [0.2, 0.25) is 5.43 Å². The lowest BCUT2D eigenvalue weighted by Crippen LogP contribution is -2.43. The van der Waals surface area contributed by atoms with E-state index in [-0.39, 0.29) is 22.9 Å². The molecule has 2 aromatic carbocycles. The molecule has 2 amide bonds. The summed E-state index contributed by atoms with van der Waals surface area (Å²) in [6, 6.07) is 9.52. The quantitative estimate of drug-likeness (QED) is 0.461. The van der Waals surface area contributed by atoms with Crippen molar-refractivity contribution in [2.75, 3.05) is 49.6 Å². The molecule has 2 saturated heterocycles. The Balaban J connectivity index is 1.36. The number of aromatic nitrogens is 1. The van der Waals surface area contributed by atoms with Crippen LogP contribution in [0.4, 0.5) is 15.8 Å². The summed E-state index contributed by atoms with van der Waals surface area (Å²) >= 11 is 0. The van der Waals surface area contributed by atoms with Crippen LogP contribution in [0.5, 0.6) is 0 Å². The average molecular weight is 522 g/mol. The first-order chi connectivity index (χ1) is 18.4. The molecule has 5 rings (SSSR count). The number of carbonyl (C=O) groups excluding carboxylic acids is 2. The Kier molecular flexibility index (Phi) is 7.71. The smallest absolute Gasteiger partial charge is 0.261 e. The van der Waals surface area contributed by atoms with E-state index in [2.05, 4.69) is 16.0 Å². The van der Waals surface area contributed by atoms with Crippen molar-refractivity contribution < 1.29 is 18.7 Å². The highest BCUT2D eigenvalue weighted by atomic mass is 19.1. The molecule has 2 aliphatic heterocycles. The monoisotopic (exact) mass is 521 g/mol. The van der Waals surface area contributed by atoms with E-state index >= 15 is 4.39 Å². The lowest BCUT2D eigenvalue weighted by atomic mass is 10.1. The number of hydrogen-bond acceptors (Lipinski definition) is 6. The van der Waals surface area contributed by atoms with E-state index in [4.69, 9.17) is 4.74 Å². The fourth-order valence-electron chi connectivity index (χ4n) is 4.98. The molecule has 0 radical (unpaired) electrons. The van der Waals surface area contributed by atoms with Gasteiger partial charge in [-0.1, -0.05) is 0 Å². The van der Waals surface area contributed by atoms with Crippen LogP contribution in [0.3, 0.4) is 0 Å². The fourth-order valence-corrected chi connectivity index (χ4v) is 4.98. The normalized spacial score (nSPS) is 16.4. The Bertz CT molecular complexity index is 1390. The van der Waals surface area contributed by atoms with E-state index in [0.29, 0.717) is 55.3 Å². The molecule has 0 unspecified atom stereocenters. The second-order valence-electron chi connectivity index (χ2n) is 9.61. The lowest BCUT2D eigenvalue weighted by Gasteiger charge is -2.30. The number of benzene rings is 2. The van der Waals surface area contributed by atoms with Crippen molar-refractivity contribution in [2.45, 2.75) is 32.4 Å². The molecule has 38 heavy (non-hydrogen) atoms. The maximum Gasteiger partial charge on any atom is 0.261 e. The first kappa shape index (κ1) is 25.9. The summed E-state index contributed by atoms with van der Waals surface area (Å²) in [7, 11) is 0. The molecule has 1 aromatic heterocycles. The van der Waals surface area contributed by atoms with Gasteiger partial charge in [-0.05, 0) is 56.2 Å². The van der Waals surface area contributed by atoms with Crippen molar-refractivity contribution >= 4 is 34.1 Å². The first-order valence-electron chi connectivity index (χ1n) is 13.1. The summed E-state index contributed by atoms with van der Waals surface area (Å²) in [6.45, 7) is 6.55. The number of nitrogens with one attached hydrogen (secondary N) is 3. The number of rotatable bonds is 6. The van der Waals surface area contributed by atoms with Gasteiger partial charge >= 0.3 is 0 Å². The van der Waals surface area contributed by atoms with E-state index in [1.165, 1.54) is 12.3 Å². The lowest BCUT2D eigenvalue weighted by molar-refractivity contribution is 0.0696. The minimum atomic E-state index is -0.593. The van der Waals surface area contributed by atoms with Crippen molar-refractivity contribution in [1.29, 1.82) is 0 Å². The average Bonchev–Trinajstić information content (AvgIpc) is 2.94. The molecule has 200 valence electrons. The van der Waals surface area contributed by atoms with Crippen molar-refractivity contribution in [3.05, 3.63) is 69.8 Å². The highest BCUT2D eigenvalue weighted by molar-refractivity contribution is 6.06. The molecule has 10 heteroatoms. The fraction of sp³-hybridized carbons (Fsp3) is 0.393. The Morgan fingerprint density at radius 1 is 1.08 bits per heavy atom.